The number of rotatable bonds is 9. The predicted molar refractivity (Wildman–Crippen MR) is 151 cm³/mol. The number of hydrogen-bond donors (Lipinski definition) is 3. The monoisotopic (exact) mass is 553 g/mol. The summed E-state index contributed by atoms with van der Waals surface area (Å²) in [6.45, 7) is 7.52. The SMILES string of the molecule is CC.CCO.CN=C(CCCC(F)(F)F)N/C(=C\C=O)N1CCC(Cc2ccccc2)C1.CNC1(C#N)CC1. The molecule has 2 fully saturated rings. The van der Waals surface area contributed by atoms with Gasteiger partial charge < -0.3 is 20.6 Å². The molecule has 1 unspecified atom stereocenters. The van der Waals surface area contributed by atoms with Crippen LogP contribution in [0.5, 0.6) is 0 Å². The highest BCUT2D eigenvalue weighted by molar-refractivity contribution is 5.84. The van der Waals surface area contributed by atoms with Gasteiger partial charge in [0.2, 0.25) is 0 Å². The van der Waals surface area contributed by atoms with Crippen LogP contribution in [-0.2, 0) is 11.2 Å². The molecule has 220 valence electrons. The van der Waals surface area contributed by atoms with Gasteiger partial charge in [0.25, 0.3) is 0 Å². The number of nitriles is 1. The van der Waals surface area contributed by atoms with E-state index in [-0.39, 0.29) is 25.0 Å². The molecule has 7 nitrogen and oxygen atoms in total. The van der Waals surface area contributed by atoms with Gasteiger partial charge >= 0.3 is 6.18 Å². The zero-order chi connectivity index (χ0) is 29.7. The molecule has 1 saturated heterocycles. The number of nitrogens with zero attached hydrogens (tertiary/aromatic N) is 3. The lowest BCUT2D eigenvalue weighted by molar-refractivity contribution is -0.135. The maximum atomic E-state index is 12.3. The molecule has 3 N–H and O–H groups in total. The molecular formula is C29H46F3N5O2. The lowest BCUT2D eigenvalue weighted by Crippen LogP contribution is -2.34. The number of carbonyl (C=O) groups is 1. The van der Waals surface area contributed by atoms with Crippen molar-refractivity contribution in [1.82, 2.24) is 15.5 Å². The smallest absolute Gasteiger partial charge is 0.389 e. The minimum absolute atomic E-state index is 0.0336. The maximum Gasteiger partial charge on any atom is 0.389 e. The van der Waals surface area contributed by atoms with E-state index in [0.29, 0.717) is 23.9 Å². The molecule has 1 aliphatic carbocycles. The van der Waals surface area contributed by atoms with Gasteiger partial charge in [-0.05, 0) is 57.6 Å². The zero-order valence-electron chi connectivity index (χ0n) is 24.0. The number of nitrogens with one attached hydrogen (secondary N) is 2. The van der Waals surface area contributed by atoms with E-state index in [9.17, 15) is 18.0 Å². The van der Waals surface area contributed by atoms with E-state index in [0.717, 1.165) is 38.8 Å². The molecule has 0 aromatic heterocycles. The lowest BCUT2D eigenvalue weighted by atomic mass is 9.99. The summed E-state index contributed by atoms with van der Waals surface area (Å²) in [6.07, 6.45) is 1.27. The molecule has 3 rings (SSSR count). The molecule has 1 heterocycles. The summed E-state index contributed by atoms with van der Waals surface area (Å²) >= 11 is 0. The largest absolute Gasteiger partial charge is 0.397 e. The number of aliphatic hydroxyl groups excluding tert-OH is 1. The van der Waals surface area contributed by atoms with Crippen LogP contribution in [-0.4, -0.2) is 67.6 Å². The molecule has 1 aromatic rings. The summed E-state index contributed by atoms with van der Waals surface area (Å²) in [7, 11) is 3.37. The Bertz CT molecular complexity index is 894. The van der Waals surface area contributed by atoms with Gasteiger partial charge in [-0.15, -0.1) is 0 Å². The molecular weight excluding hydrogens is 507 g/mol. The second-order valence-electron chi connectivity index (χ2n) is 9.00. The Kier molecular flexibility index (Phi) is 18.6. The fourth-order valence-electron chi connectivity index (χ4n) is 3.83. The first-order chi connectivity index (χ1) is 18.7. The molecule has 0 bridgehead atoms. The predicted octanol–water partition coefficient (Wildman–Crippen LogP) is 5.23. The fraction of sp³-hybridized carbons (Fsp3) is 0.621. The summed E-state index contributed by atoms with van der Waals surface area (Å²) in [4.78, 5) is 17.1. The van der Waals surface area contributed by atoms with Crippen molar-refractivity contribution in [3.63, 3.8) is 0 Å². The molecule has 0 spiro atoms. The van der Waals surface area contributed by atoms with Gasteiger partial charge in [-0.1, -0.05) is 44.2 Å². The van der Waals surface area contributed by atoms with E-state index in [1.54, 1.807) is 6.92 Å². The number of likely N-dealkylation sites (tertiary alicyclic amines) is 1. The van der Waals surface area contributed by atoms with Crippen molar-refractivity contribution in [2.45, 2.75) is 77.4 Å². The number of alkyl halides is 3. The van der Waals surface area contributed by atoms with E-state index in [4.69, 9.17) is 10.4 Å². The average Bonchev–Trinajstić information content (AvgIpc) is 3.59. The van der Waals surface area contributed by atoms with Gasteiger partial charge in [0.15, 0.2) is 0 Å². The Labute approximate surface area is 232 Å². The first-order valence-corrected chi connectivity index (χ1v) is 13.6. The van der Waals surface area contributed by atoms with Crippen LogP contribution in [0.4, 0.5) is 13.2 Å². The molecule has 10 heteroatoms. The molecule has 1 atom stereocenters. The van der Waals surface area contributed by atoms with E-state index >= 15 is 0 Å². The first kappa shape index (κ1) is 36.1. The van der Waals surface area contributed by atoms with Crippen LogP contribution >= 0.6 is 0 Å². The number of aldehydes is 1. The van der Waals surface area contributed by atoms with Crippen LogP contribution in [0.25, 0.3) is 0 Å². The van der Waals surface area contributed by atoms with Gasteiger partial charge in [-0.3, -0.25) is 9.79 Å². The quantitative estimate of drug-likeness (QED) is 0.168. The number of allylic oxidation sites excluding steroid dienone is 1. The summed E-state index contributed by atoms with van der Waals surface area (Å²) in [5.74, 6) is 1.53. The van der Waals surface area contributed by atoms with Crippen molar-refractivity contribution in [2.75, 3.05) is 33.8 Å². The van der Waals surface area contributed by atoms with E-state index in [2.05, 4.69) is 38.7 Å². The zero-order valence-corrected chi connectivity index (χ0v) is 24.0. The molecule has 0 radical (unpaired) electrons. The van der Waals surface area contributed by atoms with Crippen LogP contribution < -0.4 is 10.6 Å². The summed E-state index contributed by atoms with van der Waals surface area (Å²) in [6, 6.07) is 12.4. The normalized spacial score (nSPS) is 17.7. The minimum Gasteiger partial charge on any atom is -0.397 e. The Balaban J connectivity index is 0.00000100. The van der Waals surface area contributed by atoms with Crippen molar-refractivity contribution in [3.8, 4) is 6.07 Å². The molecule has 1 aromatic carbocycles. The maximum absolute atomic E-state index is 12.3. The Morgan fingerprint density at radius 1 is 1.28 bits per heavy atom. The Hall–Kier alpha value is -2.90. The van der Waals surface area contributed by atoms with Crippen molar-refractivity contribution >= 4 is 12.1 Å². The number of hydrogen-bond acceptors (Lipinski definition) is 6. The third-order valence-corrected chi connectivity index (χ3v) is 6.08. The number of halogens is 3. The molecule has 2 aliphatic rings. The van der Waals surface area contributed by atoms with Gasteiger partial charge in [0, 0.05) is 45.7 Å². The molecule has 1 aliphatic heterocycles. The van der Waals surface area contributed by atoms with E-state index < -0.39 is 12.6 Å². The highest BCUT2D eigenvalue weighted by atomic mass is 19.4. The second-order valence-corrected chi connectivity index (χ2v) is 9.00. The minimum atomic E-state index is -4.17. The lowest BCUT2D eigenvalue weighted by Gasteiger charge is -2.24. The molecule has 0 amide bonds. The average molecular weight is 554 g/mol. The topological polar surface area (TPSA) is 101 Å². The van der Waals surface area contributed by atoms with Crippen LogP contribution in [0.3, 0.4) is 0 Å². The molecule has 39 heavy (non-hydrogen) atoms. The van der Waals surface area contributed by atoms with Gasteiger partial charge in [0.05, 0.1) is 6.07 Å². The van der Waals surface area contributed by atoms with Crippen molar-refractivity contribution in [3.05, 3.63) is 47.8 Å². The highest BCUT2D eigenvalue weighted by Crippen LogP contribution is 2.33. The van der Waals surface area contributed by atoms with E-state index in [1.807, 2.05) is 39.1 Å². The standard InChI is InChI=1S/C20H26F3N3O.C5H8N2.C2H6O.C2H6/c1-24-18(8-5-11-20(21,22)23)25-19(10-13-27)26-12-9-17(15-26)14-16-6-3-2-4-7-16;1-7-5(4-6)2-3-5;1-2-3;1-2/h2-4,6-7,10,13,17H,5,8-9,11-12,14-15H2,1H3,(H,24,25);7H,2-3H2,1H3;3H,2H2,1H3;1-2H3/b19-10+;;;. The fourth-order valence-corrected chi connectivity index (χ4v) is 3.83. The second kappa shape index (κ2) is 20.1. The van der Waals surface area contributed by atoms with Gasteiger partial charge in [-0.2, -0.15) is 18.4 Å². The van der Waals surface area contributed by atoms with E-state index in [1.165, 1.54) is 18.7 Å². The third-order valence-electron chi connectivity index (χ3n) is 6.08. The third kappa shape index (κ3) is 16.0. The van der Waals surface area contributed by atoms with Gasteiger partial charge in [-0.25, -0.2) is 0 Å². The Morgan fingerprint density at radius 2 is 1.90 bits per heavy atom. The number of aliphatic hydroxyl groups is 1. The summed E-state index contributed by atoms with van der Waals surface area (Å²) in [5.41, 5.74) is 1.17. The molecule has 1 saturated carbocycles. The van der Waals surface area contributed by atoms with Crippen molar-refractivity contribution in [2.24, 2.45) is 10.9 Å². The van der Waals surface area contributed by atoms with Crippen molar-refractivity contribution < 1.29 is 23.1 Å². The highest BCUT2D eigenvalue weighted by Gasteiger charge is 2.41. The summed E-state index contributed by atoms with van der Waals surface area (Å²) < 4.78 is 37.0. The van der Waals surface area contributed by atoms with Gasteiger partial charge in [0.1, 0.15) is 23.5 Å². The Morgan fingerprint density at radius 3 is 2.33 bits per heavy atom. The van der Waals surface area contributed by atoms with Crippen LogP contribution in [0.15, 0.2) is 47.2 Å². The van der Waals surface area contributed by atoms with Crippen LogP contribution in [0, 0.1) is 17.2 Å². The number of amidine groups is 1. The van der Waals surface area contributed by atoms with Crippen molar-refractivity contribution in [1.29, 1.82) is 5.26 Å². The number of aliphatic imine (C=N–C) groups is 1. The summed E-state index contributed by atoms with van der Waals surface area (Å²) in [5, 5.41) is 21.9. The van der Waals surface area contributed by atoms with Crippen LogP contribution in [0.1, 0.15) is 64.9 Å². The number of carbonyl (C=O) groups excluding carboxylic acids is 1. The first-order valence-electron chi connectivity index (χ1n) is 13.6. The number of benzene rings is 1. The van der Waals surface area contributed by atoms with Crippen LogP contribution in [0.2, 0.25) is 0 Å².